The molecule has 2 atom stereocenters. The van der Waals surface area contributed by atoms with Crippen LogP contribution in [0.5, 0.6) is 0 Å². The zero-order valence-corrected chi connectivity index (χ0v) is 35.7. The summed E-state index contributed by atoms with van der Waals surface area (Å²) in [5, 5.41) is 3.83. The minimum atomic E-state index is -4.41. The highest BCUT2D eigenvalue weighted by molar-refractivity contribution is 7.80. The molecule has 0 saturated heterocycles. The fraction of sp³-hybridized carbons (Fsp3) is 0.977. The number of nitrogens with one attached hydrogen (secondary N) is 1. The molecule has 0 fully saturated rings. The van der Waals surface area contributed by atoms with E-state index in [1.165, 1.54) is 205 Å². The Bertz CT molecular complexity index is 898. The molecule has 7 nitrogen and oxygen atoms in total. The van der Waals surface area contributed by atoms with Crippen molar-refractivity contribution in [3.63, 3.8) is 0 Å². The zero-order valence-electron chi connectivity index (χ0n) is 34.9. The van der Waals surface area contributed by atoms with Crippen molar-refractivity contribution in [3.8, 4) is 0 Å². The summed E-state index contributed by atoms with van der Waals surface area (Å²) in [6.07, 6.45) is 45.4. The maximum atomic E-state index is 9.22. The fourth-order valence-electron chi connectivity index (χ4n) is 7.88. The van der Waals surface area contributed by atoms with E-state index >= 15 is 0 Å². The number of amidine groups is 1. The van der Waals surface area contributed by atoms with Gasteiger partial charge in [0, 0.05) is 6.42 Å². The van der Waals surface area contributed by atoms with Crippen LogP contribution in [0, 0.1) is 5.92 Å². The Morgan fingerprint density at radius 2 is 1.00 bits per heavy atom. The Labute approximate surface area is 319 Å². The molecule has 0 amide bonds. The number of nitrogens with zero attached hydrogens (tertiary/aromatic N) is 1. The van der Waals surface area contributed by atoms with E-state index in [2.05, 4.69) is 41.8 Å². The highest BCUT2D eigenvalue weighted by Crippen LogP contribution is 2.27. The van der Waals surface area contributed by atoms with Gasteiger partial charge in [0.05, 0.1) is 13.0 Å². The third kappa shape index (κ3) is 30.3. The standard InChI is InChI=1S/C42H85N3.CH4O4S/c1-5-7-9-11-13-15-17-19-21-22-24-26-28-30-32-34-40(3)41-44-38-39-45(41)42(4,36-37-43)35-33-31-29-27-25-23-20-18-16-14-12-10-8-6-2;1-5-6(2,3)4/h40H,5-39,43H2,1-4H3;1H3,(H,2,3,4). The molecule has 0 saturated carbocycles. The van der Waals surface area contributed by atoms with Gasteiger partial charge in [-0.05, 0) is 32.7 Å². The van der Waals surface area contributed by atoms with Gasteiger partial charge in [0.15, 0.2) is 0 Å². The van der Waals surface area contributed by atoms with Gasteiger partial charge in [0.25, 0.3) is 0 Å². The molecule has 3 N–H and O–H groups in total. The van der Waals surface area contributed by atoms with E-state index in [1.807, 2.05) is 0 Å². The molecule has 0 radical (unpaired) electrons. The molecule has 8 heteroatoms. The van der Waals surface area contributed by atoms with E-state index in [0.717, 1.165) is 33.2 Å². The molecular weight excluding hydrogens is 655 g/mol. The summed E-state index contributed by atoms with van der Waals surface area (Å²) in [5.41, 5.74) is 6.41. The van der Waals surface area contributed by atoms with Crippen molar-refractivity contribution in [2.75, 3.05) is 26.7 Å². The fourth-order valence-corrected chi connectivity index (χ4v) is 7.88. The minimum Gasteiger partial charge on any atom is -0.726 e. The van der Waals surface area contributed by atoms with Crippen molar-refractivity contribution in [3.05, 3.63) is 0 Å². The first-order valence-corrected chi connectivity index (χ1v) is 23.6. The molecule has 0 aromatic rings. The third-order valence-electron chi connectivity index (χ3n) is 11.2. The Hall–Kier alpha value is -0.700. The lowest BCUT2D eigenvalue weighted by Gasteiger charge is -2.30. The van der Waals surface area contributed by atoms with Crippen molar-refractivity contribution >= 4 is 16.2 Å². The van der Waals surface area contributed by atoms with Crippen LogP contribution in [0.3, 0.4) is 0 Å². The van der Waals surface area contributed by atoms with Crippen LogP contribution in [0.2, 0.25) is 0 Å². The second kappa shape index (κ2) is 35.0. The summed E-state index contributed by atoms with van der Waals surface area (Å²) in [7, 11) is -3.60. The number of unbranched alkanes of at least 4 members (excludes halogenated alkanes) is 27. The van der Waals surface area contributed by atoms with Crippen molar-refractivity contribution in [2.24, 2.45) is 11.7 Å². The van der Waals surface area contributed by atoms with Gasteiger partial charge in [-0.15, -0.1) is 0 Å². The first kappa shape index (κ1) is 50.3. The molecule has 51 heavy (non-hydrogen) atoms. The Morgan fingerprint density at radius 1 is 0.667 bits per heavy atom. The first-order valence-electron chi connectivity index (χ1n) is 22.2. The van der Waals surface area contributed by atoms with E-state index < -0.39 is 10.4 Å². The Balaban J connectivity index is 0.00000381. The van der Waals surface area contributed by atoms with Crippen molar-refractivity contribution in [1.82, 2.24) is 5.32 Å². The van der Waals surface area contributed by atoms with Crippen molar-refractivity contribution < 1.29 is 21.7 Å². The zero-order chi connectivity index (χ0) is 37.9. The minimum absolute atomic E-state index is 0.216. The van der Waals surface area contributed by atoms with Crippen LogP contribution < -0.4 is 11.1 Å². The summed E-state index contributed by atoms with van der Waals surface area (Å²) in [5.74, 6) is 2.17. The van der Waals surface area contributed by atoms with Gasteiger partial charge in [-0.25, -0.2) is 8.42 Å². The monoisotopic (exact) mass is 744 g/mol. The molecule has 2 unspecified atom stereocenters. The average Bonchev–Trinajstić information content (AvgIpc) is 3.62. The van der Waals surface area contributed by atoms with E-state index in [9.17, 15) is 13.0 Å². The molecule has 306 valence electrons. The van der Waals surface area contributed by atoms with Crippen LogP contribution in [-0.4, -0.2) is 55.7 Å². The van der Waals surface area contributed by atoms with Gasteiger partial charge in [-0.2, -0.15) is 0 Å². The number of hydrogen-bond donors (Lipinski definition) is 2. The van der Waals surface area contributed by atoms with Gasteiger partial charge in [-0.1, -0.05) is 201 Å². The predicted octanol–water partition coefficient (Wildman–Crippen LogP) is 12.0. The highest BCUT2D eigenvalue weighted by atomic mass is 32.3. The highest BCUT2D eigenvalue weighted by Gasteiger charge is 2.38. The predicted molar refractivity (Wildman–Crippen MR) is 221 cm³/mol. The molecule has 1 aliphatic rings. The number of nitrogens with two attached hydrogens (primary N) is 1. The molecule has 1 heterocycles. The molecule has 0 spiro atoms. The quantitative estimate of drug-likeness (QED) is 0.0286. The largest absolute Gasteiger partial charge is 0.726 e. The lowest BCUT2D eigenvalue weighted by Crippen LogP contribution is -2.45. The number of hydrogen-bond acceptors (Lipinski definition) is 6. The molecule has 0 aromatic carbocycles. The van der Waals surface area contributed by atoms with Crippen LogP contribution in [0.15, 0.2) is 0 Å². The SMILES string of the molecule is CCCCCCCCCCCCCCCCCC(C)C1=[N+](C(C)(CCN)CCCCCCCCCCCCCCCC)CCN1.COS(=O)(=O)[O-]. The maximum absolute atomic E-state index is 9.22. The van der Waals surface area contributed by atoms with Crippen LogP contribution >= 0.6 is 0 Å². The van der Waals surface area contributed by atoms with Crippen LogP contribution in [0.1, 0.15) is 233 Å². The van der Waals surface area contributed by atoms with Crippen molar-refractivity contribution in [1.29, 1.82) is 0 Å². The summed E-state index contributed by atoms with van der Waals surface area (Å²) in [6.45, 7) is 12.7. The average molecular weight is 744 g/mol. The van der Waals surface area contributed by atoms with Crippen LogP contribution in [0.4, 0.5) is 0 Å². The summed E-state index contributed by atoms with van der Waals surface area (Å²) < 4.78 is 33.8. The normalized spacial score (nSPS) is 15.0. The molecule has 0 aliphatic carbocycles. The number of rotatable bonds is 36. The van der Waals surface area contributed by atoms with Gasteiger partial charge < -0.3 is 10.3 Å². The molecule has 0 bridgehead atoms. The van der Waals surface area contributed by atoms with Gasteiger partial charge in [0.2, 0.25) is 16.2 Å². The van der Waals surface area contributed by atoms with Crippen LogP contribution in [0.25, 0.3) is 0 Å². The first-order chi connectivity index (χ1) is 24.6. The van der Waals surface area contributed by atoms with E-state index in [0.29, 0.717) is 5.92 Å². The lowest BCUT2D eigenvalue weighted by atomic mass is 9.88. The van der Waals surface area contributed by atoms with Crippen LogP contribution in [-0.2, 0) is 14.6 Å². The second-order valence-corrected chi connectivity index (χ2v) is 17.2. The van der Waals surface area contributed by atoms with E-state index in [-0.39, 0.29) is 5.54 Å². The maximum Gasteiger partial charge on any atom is 0.248 e. The molecule has 0 aromatic heterocycles. The summed E-state index contributed by atoms with van der Waals surface area (Å²) >= 11 is 0. The summed E-state index contributed by atoms with van der Waals surface area (Å²) in [4.78, 5) is 0. The second-order valence-electron chi connectivity index (χ2n) is 16.1. The Morgan fingerprint density at radius 3 is 1.33 bits per heavy atom. The smallest absolute Gasteiger partial charge is 0.248 e. The van der Waals surface area contributed by atoms with E-state index in [4.69, 9.17) is 5.73 Å². The topological polar surface area (TPSA) is 107 Å². The van der Waals surface area contributed by atoms with Crippen molar-refractivity contribution in [2.45, 2.75) is 239 Å². The molecular formula is C43H89N3O4S. The Kier molecular flexibility index (Phi) is 34.5. The molecule has 1 rings (SSSR count). The summed E-state index contributed by atoms with van der Waals surface area (Å²) in [6, 6.07) is 0. The van der Waals surface area contributed by atoms with Gasteiger partial charge in [0.1, 0.15) is 18.6 Å². The lowest BCUT2D eigenvalue weighted by molar-refractivity contribution is -0.601. The van der Waals surface area contributed by atoms with Gasteiger partial charge >= 0.3 is 0 Å². The third-order valence-corrected chi connectivity index (χ3v) is 11.7. The van der Waals surface area contributed by atoms with E-state index in [1.54, 1.807) is 0 Å². The van der Waals surface area contributed by atoms with Gasteiger partial charge in [-0.3, -0.25) is 14.1 Å². The molecule has 1 aliphatic heterocycles.